The molecule has 0 aliphatic rings. The van der Waals surface area contributed by atoms with E-state index in [9.17, 15) is 14.9 Å². The van der Waals surface area contributed by atoms with Gasteiger partial charge in [0.1, 0.15) is 0 Å². The normalized spacial score (nSPS) is 12.3. The molecule has 6 nitrogen and oxygen atoms in total. The first kappa shape index (κ1) is 18.9. The van der Waals surface area contributed by atoms with E-state index in [0.717, 1.165) is 0 Å². The molecule has 0 unspecified atom stereocenters. The maximum Gasteiger partial charge on any atom is 0.311 e. The molecule has 2 rings (SSSR count). The Labute approximate surface area is 163 Å². The highest BCUT2D eigenvalue weighted by Crippen LogP contribution is 2.39. The number of para-hydroxylation sites is 2. The third-order valence-corrected chi connectivity index (χ3v) is 4.15. The predicted molar refractivity (Wildman–Crippen MR) is 101 cm³/mol. The molecule has 9 heteroatoms. The van der Waals surface area contributed by atoms with Crippen LogP contribution in [0.25, 0.3) is 0 Å². The fraction of sp³-hybridized carbons (Fsp3) is 0.133. The largest absolute Gasteiger partial charge is 0.460 e. The van der Waals surface area contributed by atoms with Crippen LogP contribution in [0.5, 0.6) is 5.75 Å². The van der Waals surface area contributed by atoms with Gasteiger partial charge in [-0.25, -0.2) is 0 Å². The van der Waals surface area contributed by atoms with Crippen LogP contribution in [0.3, 0.4) is 0 Å². The lowest BCUT2D eigenvalue weighted by atomic mass is 10.2. The Kier molecular flexibility index (Phi) is 6.36. The van der Waals surface area contributed by atoms with Crippen molar-refractivity contribution in [2.24, 2.45) is 0 Å². The minimum atomic E-state index is -1.03. The van der Waals surface area contributed by atoms with E-state index in [4.69, 9.17) is 4.74 Å². The predicted octanol–water partition coefficient (Wildman–Crippen LogP) is 4.57. The van der Waals surface area contributed by atoms with Crippen LogP contribution in [-0.2, 0) is 0 Å². The second-order valence-corrected chi connectivity index (χ2v) is 11.5. The first-order valence-corrected chi connectivity index (χ1v) is 8.99. The molecule has 0 aliphatic heterocycles. The Balaban J connectivity index is 2.25. The summed E-state index contributed by atoms with van der Waals surface area (Å²) in [7, 11) is 0. The van der Waals surface area contributed by atoms with E-state index in [2.05, 4.69) is 53.1 Å². The fourth-order valence-corrected chi connectivity index (χ4v) is 2.43. The summed E-state index contributed by atoms with van der Waals surface area (Å²) in [6, 6.07) is 14.5. The number of halogens is 3. The molecule has 0 fully saturated rings. The number of nitrogens with one attached hydrogen (secondary N) is 1. The van der Waals surface area contributed by atoms with E-state index in [1.807, 2.05) is 0 Å². The van der Waals surface area contributed by atoms with Crippen LogP contribution in [0.15, 0.2) is 54.6 Å². The molecule has 2 aromatic carbocycles. The Bertz CT molecular complexity index is 735. The van der Waals surface area contributed by atoms with Gasteiger partial charge in [-0.1, -0.05) is 78.1 Å². The van der Waals surface area contributed by atoms with Crippen molar-refractivity contribution in [3.8, 4) is 5.75 Å². The number of nitrogens with zero attached hydrogens (tertiary/aromatic N) is 1. The van der Waals surface area contributed by atoms with Crippen LogP contribution in [0.4, 0.5) is 5.69 Å². The quantitative estimate of drug-likeness (QED) is 0.270. The zero-order valence-corrected chi connectivity index (χ0v) is 16.7. The van der Waals surface area contributed by atoms with Gasteiger partial charge in [-0.2, -0.15) is 0 Å². The summed E-state index contributed by atoms with van der Waals surface area (Å²) in [5, 5.41) is 13.8. The lowest BCUT2D eigenvalue weighted by molar-refractivity contribution is -0.386. The van der Waals surface area contributed by atoms with Gasteiger partial charge in [0.15, 0.2) is 7.89 Å². The number of carbonyl (C=O) groups is 1. The summed E-state index contributed by atoms with van der Waals surface area (Å²) in [5.41, 5.74) is 0.235. The number of carbonyl (C=O) groups excluding carboxylic acids is 1. The van der Waals surface area contributed by atoms with Crippen molar-refractivity contribution in [3.63, 3.8) is 0 Å². The smallest absolute Gasteiger partial charge is 0.311 e. The maximum absolute atomic E-state index is 12.3. The van der Waals surface area contributed by atoms with E-state index in [0.29, 0.717) is 5.56 Å². The van der Waals surface area contributed by atoms with Crippen molar-refractivity contribution in [2.75, 3.05) is 0 Å². The Morgan fingerprint density at radius 1 is 1.08 bits per heavy atom. The van der Waals surface area contributed by atoms with Gasteiger partial charge in [0.2, 0.25) is 6.23 Å². The molecule has 1 atom stereocenters. The number of benzene rings is 2. The van der Waals surface area contributed by atoms with E-state index >= 15 is 0 Å². The summed E-state index contributed by atoms with van der Waals surface area (Å²) in [4.78, 5) is 22.9. The number of hydrogen-bond donors (Lipinski definition) is 1. The molecule has 0 aromatic heterocycles. The number of alkyl halides is 3. The van der Waals surface area contributed by atoms with E-state index < -0.39 is 13.3 Å². The lowest BCUT2D eigenvalue weighted by Gasteiger charge is -2.27. The van der Waals surface area contributed by atoms with E-state index in [-0.39, 0.29) is 17.3 Å². The summed E-state index contributed by atoms with van der Waals surface area (Å²) >= 11 is 9.87. The van der Waals surface area contributed by atoms with Gasteiger partial charge in [-0.3, -0.25) is 14.9 Å². The van der Waals surface area contributed by atoms with Gasteiger partial charge in [-0.15, -0.1) is 0 Å². The fourth-order valence-electron chi connectivity index (χ4n) is 1.80. The molecule has 0 heterocycles. The number of nitro benzene ring substituents is 1. The molecule has 1 amide bonds. The first-order chi connectivity index (χ1) is 11.3. The van der Waals surface area contributed by atoms with Crippen molar-refractivity contribution >= 4 is 59.4 Å². The van der Waals surface area contributed by atoms with Crippen molar-refractivity contribution in [1.29, 1.82) is 0 Å². The monoisotopic (exact) mass is 520 g/mol. The summed E-state index contributed by atoms with van der Waals surface area (Å²) in [6.45, 7) is 0. The number of hydrogen-bond acceptors (Lipinski definition) is 4. The van der Waals surface area contributed by atoms with Crippen molar-refractivity contribution in [3.05, 3.63) is 70.3 Å². The Morgan fingerprint density at radius 2 is 1.67 bits per heavy atom. The minimum Gasteiger partial charge on any atom is -0.460 e. The molecule has 126 valence electrons. The van der Waals surface area contributed by atoms with Gasteiger partial charge >= 0.3 is 5.69 Å². The average Bonchev–Trinajstić information content (AvgIpc) is 2.54. The topological polar surface area (TPSA) is 81.5 Å². The Morgan fingerprint density at radius 3 is 2.25 bits per heavy atom. The van der Waals surface area contributed by atoms with Crippen molar-refractivity contribution in [2.45, 2.75) is 8.37 Å². The van der Waals surface area contributed by atoms with E-state index in [1.165, 1.54) is 18.2 Å². The van der Waals surface area contributed by atoms with Gasteiger partial charge < -0.3 is 10.1 Å². The van der Waals surface area contributed by atoms with Crippen LogP contribution in [0, 0.1) is 10.1 Å². The molecule has 24 heavy (non-hydrogen) atoms. The summed E-state index contributed by atoms with van der Waals surface area (Å²) in [6.07, 6.45) is -0.980. The SMILES string of the molecule is O=C(N[C@H](Oc1ccccc1[N+](=O)[O-])C(Br)(Br)Br)c1ccccc1. The average molecular weight is 523 g/mol. The van der Waals surface area contributed by atoms with Gasteiger partial charge in [0.25, 0.3) is 5.91 Å². The molecule has 0 bridgehead atoms. The van der Waals surface area contributed by atoms with Crippen LogP contribution >= 0.6 is 47.8 Å². The number of amides is 1. The summed E-state index contributed by atoms with van der Waals surface area (Å²) in [5.74, 6) is -0.356. The standard InChI is InChI=1S/C15H11Br3N2O4/c16-15(17,18)14(19-13(21)10-6-2-1-3-7-10)24-12-9-5-4-8-11(12)20(22)23/h1-9,14H,(H,19,21)/t14-/m1/s1. The van der Waals surface area contributed by atoms with Crippen molar-refractivity contribution < 1.29 is 14.5 Å². The highest BCUT2D eigenvalue weighted by atomic mass is 80.0. The van der Waals surface area contributed by atoms with E-state index in [1.54, 1.807) is 36.4 Å². The van der Waals surface area contributed by atoms with Crippen LogP contribution in [-0.4, -0.2) is 19.2 Å². The molecule has 0 spiro atoms. The zero-order chi connectivity index (χ0) is 17.7. The lowest BCUT2D eigenvalue weighted by Crippen LogP contribution is -2.47. The second-order valence-electron chi connectivity index (χ2n) is 4.60. The third kappa shape index (κ3) is 5.02. The first-order valence-electron chi connectivity index (χ1n) is 6.62. The van der Waals surface area contributed by atoms with Crippen LogP contribution in [0.1, 0.15) is 10.4 Å². The second kappa shape index (κ2) is 8.09. The van der Waals surface area contributed by atoms with Crippen LogP contribution < -0.4 is 10.1 Å². The molecule has 1 N–H and O–H groups in total. The number of rotatable bonds is 5. The van der Waals surface area contributed by atoms with Gasteiger partial charge in [0, 0.05) is 11.6 Å². The molecule has 0 aliphatic carbocycles. The van der Waals surface area contributed by atoms with Crippen molar-refractivity contribution in [1.82, 2.24) is 5.32 Å². The molecular formula is C15H11Br3N2O4. The minimum absolute atomic E-state index is 0.0311. The van der Waals surface area contributed by atoms with Gasteiger partial charge in [-0.05, 0) is 18.2 Å². The Hall–Kier alpha value is -1.45. The third-order valence-electron chi connectivity index (χ3n) is 2.90. The molecule has 2 aromatic rings. The molecular weight excluding hydrogens is 512 g/mol. The number of nitro groups is 1. The maximum atomic E-state index is 12.3. The zero-order valence-electron chi connectivity index (χ0n) is 12.0. The molecule has 0 saturated carbocycles. The van der Waals surface area contributed by atoms with Gasteiger partial charge in [0.05, 0.1) is 4.92 Å². The van der Waals surface area contributed by atoms with Crippen LogP contribution in [0.2, 0.25) is 0 Å². The highest BCUT2D eigenvalue weighted by molar-refractivity contribution is 9.39. The molecule has 0 saturated heterocycles. The highest BCUT2D eigenvalue weighted by Gasteiger charge is 2.36. The summed E-state index contributed by atoms with van der Waals surface area (Å²) < 4.78 is 4.62. The molecule has 0 radical (unpaired) electrons. The number of ether oxygens (including phenoxy) is 1.